The molecule has 4 atom stereocenters. The number of anilines is 1. The smallest absolute Gasteiger partial charge is 0.245 e. The summed E-state index contributed by atoms with van der Waals surface area (Å²) in [5, 5.41) is 26.6. The summed E-state index contributed by atoms with van der Waals surface area (Å²) < 4.78 is 16.7. The summed E-state index contributed by atoms with van der Waals surface area (Å²) in [6.07, 6.45) is 8.00. The zero-order valence-electron chi connectivity index (χ0n) is 17.6. The van der Waals surface area contributed by atoms with E-state index in [0.717, 1.165) is 36.8 Å². The monoisotopic (exact) mass is 423 g/mol. The van der Waals surface area contributed by atoms with Gasteiger partial charge in [0.2, 0.25) is 5.95 Å². The summed E-state index contributed by atoms with van der Waals surface area (Å²) in [7, 11) is 3.67. The van der Waals surface area contributed by atoms with E-state index in [1.54, 1.807) is 34.1 Å². The van der Waals surface area contributed by atoms with Crippen molar-refractivity contribution in [3.8, 4) is 28.1 Å². The fourth-order valence-corrected chi connectivity index (χ4v) is 4.75. The third-order valence-electron chi connectivity index (χ3n) is 6.47. The number of hydrogen-bond acceptors (Lipinski definition) is 7. The molecule has 0 saturated carbocycles. The van der Waals surface area contributed by atoms with Crippen LogP contribution in [0.3, 0.4) is 0 Å². The van der Waals surface area contributed by atoms with Crippen molar-refractivity contribution in [2.24, 2.45) is 7.05 Å². The van der Waals surface area contributed by atoms with Crippen molar-refractivity contribution in [2.75, 3.05) is 11.9 Å². The number of phenolic OH excluding ortho intramolecular Hbond substituents is 1. The van der Waals surface area contributed by atoms with Gasteiger partial charge < -0.3 is 15.3 Å². The average molecular weight is 423 g/mol. The minimum Gasteiger partial charge on any atom is -0.507 e. The number of aryl methyl sites for hydroxylation is 1. The molecule has 8 nitrogen and oxygen atoms in total. The summed E-state index contributed by atoms with van der Waals surface area (Å²) in [6.45, 7) is 0. The molecule has 2 N–H and O–H groups in total. The minimum absolute atomic E-state index is 0.0913. The molecule has 0 spiro atoms. The Morgan fingerprint density at radius 2 is 2.06 bits per heavy atom. The SMILES string of the molecule is CN(c1ncc(-c2ccc(-c3cnn(C)c3)cc2O)nn1)[C@@H]1C[C@H]2CCC[C@H](N2)[C@@H]1F. The molecule has 31 heavy (non-hydrogen) atoms. The minimum atomic E-state index is -0.964. The zero-order chi connectivity index (χ0) is 21.5. The Bertz CT molecular complexity index is 1070. The number of halogens is 1. The first-order chi connectivity index (χ1) is 15.0. The van der Waals surface area contributed by atoms with Crippen molar-refractivity contribution in [2.45, 2.75) is 50.0 Å². The van der Waals surface area contributed by atoms with Gasteiger partial charge in [-0.15, -0.1) is 10.2 Å². The summed E-state index contributed by atoms with van der Waals surface area (Å²) in [6, 6.07) is 5.35. The van der Waals surface area contributed by atoms with E-state index >= 15 is 4.39 Å². The van der Waals surface area contributed by atoms with E-state index in [1.165, 1.54) is 0 Å². The second-order valence-corrected chi connectivity index (χ2v) is 8.54. The highest BCUT2D eigenvalue weighted by Crippen LogP contribution is 2.33. The van der Waals surface area contributed by atoms with E-state index in [1.807, 2.05) is 26.4 Å². The Labute approximate surface area is 180 Å². The van der Waals surface area contributed by atoms with Crippen LogP contribution in [0.2, 0.25) is 0 Å². The molecule has 1 aromatic carbocycles. The van der Waals surface area contributed by atoms with Crippen LogP contribution in [0.25, 0.3) is 22.4 Å². The van der Waals surface area contributed by atoms with E-state index in [-0.39, 0.29) is 17.8 Å². The van der Waals surface area contributed by atoms with Crippen molar-refractivity contribution >= 4 is 5.95 Å². The lowest BCUT2D eigenvalue weighted by Crippen LogP contribution is -2.61. The standard InChI is InChI=1S/C22H26FN7O/c1-29-12-14(10-25-29)13-6-7-16(20(31)8-13)18-11-24-22(28-27-18)30(2)19-9-15-4-3-5-17(26-15)21(19)23/h6-8,10-12,15,17,19,21,26,31H,3-5,9H2,1-2H3/t15-,17+,19-,21+/m1/s1. The van der Waals surface area contributed by atoms with Crippen LogP contribution in [0.15, 0.2) is 36.8 Å². The van der Waals surface area contributed by atoms with Gasteiger partial charge in [0.15, 0.2) is 0 Å². The third-order valence-corrected chi connectivity index (χ3v) is 6.47. The molecule has 0 amide bonds. The van der Waals surface area contributed by atoms with Gasteiger partial charge in [0.05, 0.1) is 18.4 Å². The molecule has 4 heterocycles. The van der Waals surface area contributed by atoms with Gasteiger partial charge in [0.25, 0.3) is 0 Å². The molecular formula is C22H26FN7O. The number of nitrogens with one attached hydrogen (secondary N) is 1. The number of benzene rings is 1. The molecule has 9 heteroatoms. The van der Waals surface area contributed by atoms with Crippen LogP contribution in [0, 0.1) is 0 Å². The molecule has 0 unspecified atom stereocenters. The molecule has 162 valence electrons. The van der Waals surface area contributed by atoms with E-state index in [9.17, 15) is 5.11 Å². The Hall–Kier alpha value is -3.07. The number of alkyl halides is 1. The molecule has 0 radical (unpaired) electrons. The van der Waals surface area contributed by atoms with Gasteiger partial charge in [-0.05, 0) is 37.0 Å². The Morgan fingerprint density at radius 1 is 1.19 bits per heavy atom. The second-order valence-electron chi connectivity index (χ2n) is 8.54. The van der Waals surface area contributed by atoms with E-state index in [0.29, 0.717) is 23.2 Å². The molecule has 2 aliphatic heterocycles. The lowest BCUT2D eigenvalue weighted by molar-refractivity contribution is 0.106. The zero-order valence-corrected chi connectivity index (χ0v) is 17.6. The number of nitrogens with zero attached hydrogens (tertiary/aromatic N) is 6. The summed E-state index contributed by atoms with van der Waals surface area (Å²) in [5.41, 5.74) is 2.78. The van der Waals surface area contributed by atoms with Crippen molar-refractivity contribution in [1.29, 1.82) is 0 Å². The van der Waals surface area contributed by atoms with Crippen molar-refractivity contribution in [3.63, 3.8) is 0 Å². The molecule has 0 aliphatic carbocycles. The van der Waals surface area contributed by atoms with Gasteiger partial charge in [-0.2, -0.15) is 5.10 Å². The molecule has 2 bridgehead atoms. The molecule has 2 fully saturated rings. The summed E-state index contributed by atoms with van der Waals surface area (Å²) in [5.74, 6) is 0.483. The topological polar surface area (TPSA) is 92.0 Å². The molecule has 5 rings (SSSR count). The van der Waals surface area contributed by atoms with Gasteiger partial charge in [-0.25, -0.2) is 9.37 Å². The Kier molecular flexibility index (Phi) is 5.05. The van der Waals surface area contributed by atoms with Gasteiger partial charge in [0.1, 0.15) is 17.6 Å². The molecule has 2 saturated heterocycles. The number of aromatic hydroxyl groups is 1. The Morgan fingerprint density at radius 3 is 2.77 bits per heavy atom. The number of rotatable bonds is 4. The van der Waals surface area contributed by atoms with E-state index in [2.05, 4.69) is 25.6 Å². The quantitative estimate of drug-likeness (QED) is 0.667. The molecule has 2 aliphatic rings. The second kappa shape index (κ2) is 7.88. The fourth-order valence-electron chi connectivity index (χ4n) is 4.75. The van der Waals surface area contributed by atoms with Crippen LogP contribution >= 0.6 is 0 Å². The maximum absolute atomic E-state index is 15.0. The number of fused-ring (bicyclic) bond motifs is 2. The van der Waals surface area contributed by atoms with Crippen LogP contribution < -0.4 is 10.2 Å². The van der Waals surface area contributed by atoms with E-state index < -0.39 is 6.17 Å². The highest BCUT2D eigenvalue weighted by atomic mass is 19.1. The number of piperidine rings is 2. The van der Waals surface area contributed by atoms with Crippen LogP contribution in [-0.4, -0.2) is 61.4 Å². The first kappa shape index (κ1) is 19.9. The van der Waals surface area contributed by atoms with Crippen LogP contribution in [-0.2, 0) is 7.05 Å². The van der Waals surface area contributed by atoms with Gasteiger partial charge in [-0.3, -0.25) is 4.68 Å². The highest BCUT2D eigenvalue weighted by molar-refractivity contribution is 5.73. The summed E-state index contributed by atoms with van der Waals surface area (Å²) >= 11 is 0. The fraction of sp³-hybridized carbons (Fsp3) is 0.455. The predicted octanol–water partition coefficient (Wildman–Crippen LogP) is 2.70. The van der Waals surface area contributed by atoms with Gasteiger partial charge in [-0.1, -0.05) is 12.5 Å². The highest BCUT2D eigenvalue weighted by Gasteiger charge is 2.42. The van der Waals surface area contributed by atoms with Crippen molar-refractivity contribution in [3.05, 3.63) is 36.8 Å². The maximum atomic E-state index is 15.0. The Balaban J connectivity index is 1.35. The summed E-state index contributed by atoms with van der Waals surface area (Å²) in [4.78, 5) is 6.23. The van der Waals surface area contributed by atoms with Crippen molar-refractivity contribution in [1.82, 2.24) is 30.3 Å². The van der Waals surface area contributed by atoms with Gasteiger partial charge >= 0.3 is 0 Å². The largest absolute Gasteiger partial charge is 0.507 e. The number of phenols is 1. The average Bonchev–Trinajstić information content (AvgIpc) is 3.22. The number of hydrogen-bond donors (Lipinski definition) is 2. The normalized spacial score (nSPS) is 25.4. The molecule has 3 aromatic rings. The van der Waals surface area contributed by atoms with E-state index in [4.69, 9.17) is 0 Å². The third kappa shape index (κ3) is 3.74. The van der Waals surface area contributed by atoms with Crippen LogP contribution in [0.4, 0.5) is 10.3 Å². The number of aromatic nitrogens is 5. The first-order valence-electron chi connectivity index (χ1n) is 10.6. The first-order valence-corrected chi connectivity index (χ1v) is 10.6. The van der Waals surface area contributed by atoms with Gasteiger partial charge in [0, 0.05) is 43.5 Å². The molecular weight excluding hydrogens is 397 g/mol. The van der Waals surface area contributed by atoms with Crippen LogP contribution in [0.1, 0.15) is 25.7 Å². The predicted molar refractivity (Wildman–Crippen MR) is 115 cm³/mol. The lowest BCUT2D eigenvalue weighted by Gasteiger charge is -2.45. The maximum Gasteiger partial charge on any atom is 0.245 e. The van der Waals surface area contributed by atoms with Crippen LogP contribution in [0.5, 0.6) is 5.75 Å². The molecule has 2 aromatic heterocycles. The lowest BCUT2D eigenvalue weighted by atomic mass is 9.82. The van der Waals surface area contributed by atoms with Crippen molar-refractivity contribution < 1.29 is 9.50 Å².